The molecule has 0 aliphatic heterocycles. The van der Waals surface area contributed by atoms with Crippen molar-refractivity contribution in [1.82, 2.24) is 9.13 Å². The van der Waals surface area contributed by atoms with Crippen molar-refractivity contribution < 1.29 is 43.1 Å². The molecule has 2 heterocycles. The van der Waals surface area contributed by atoms with Gasteiger partial charge in [-0.3, -0.25) is 0 Å². The average Bonchev–Trinajstić information content (AvgIpc) is 3.29. The van der Waals surface area contributed by atoms with E-state index in [1.54, 1.807) is 0 Å². The van der Waals surface area contributed by atoms with Crippen LogP contribution in [0, 0.1) is 0 Å². The first-order valence-corrected chi connectivity index (χ1v) is 10.9. The molecule has 2 rings (SSSR count). The summed E-state index contributed by atoms with van der Waals surface area (Å²) >= 11 is 0. The minimum Gasteiger partial charge on any atom is -1.00 e. The first-order valence-electron chi connectivity index (χ1n) is 10.9. The molecular formula is C22H40Br2N4. The van der Waals surface area contributed by atoms with Crippen molar-refractivity contribution in [2.45, 2.75) is 104 Å². The topological polar surface area (TPSA) is 17.6 Å². The molecule has 0 fully saturated rings. The van der Waals surface area contributed by atoms with Gasteiger partial charge in [-0.25, -0.2) is 18.3 Å². The van der Waals surface area contributed by atoms with Crippen LogP contribution in [-0.2, 0) is 26.2 Å². The Labute approximate surface area is 193 Å². The van der Waals surface area contributed by atoms with E-state index < -0.39 is 0 Å². The summed E-state index contributed by atoms with van der Waals surface area (Å²) in [4.78, 5) is 0. The maximum Gasteiger partial charge on any atom is 0.243 e. The van der Waals surface area contributed by atoms with E-state index in [0.717, 1.165) is 26.2 Å². The maximum absolute atomic E-state index is 2.34. The fraction of sp³-hybridized carbons (Fsp3) is 0.727. The van der Waals surface area contributed by atoms with Crippen LogP contribution in [-0.4, -0.2) is 9.13 Å². The Morgan fingerprint density at radius 2 is 1.00 bits per heavy atom. The zero-order valence-electron chi connectivity index (χ0n) is 17.9. The average molecular weight is 520 g/mol. The summed E-state index contributed by atoms with van der Waals surface area (Å²) in [5.74, 6) is 0. The molecule has 0 unspecified atom stereocenters. The summed E-state index contributed by atoms with van der Waals surface area (Å²) in [7, 11) is 0. The molecule has 0 bridgehead atoms. The third-order valence-electron chi connectivity index (χ3n) is 5.11. The molecule has 0 saturated carbocycles. The predicted molar refractivity (Wildman–Crippen MR) is 107 cm³/mol. The molecule has 4 nitrogen and oxygen atoms in total. The molecule has 0 atom stereocenters. The molecule has 0 aromatic carbocycles. The Kier molecular flexibility index (Phi) is 16.9. The van der Waals surface area contributed by atoms with Crippen LogP contribution in [0.1, 0.15) is 78.1 Å². The van der Waals surface area contributed by atoms with Crippen molar-refractivity contribution in [2.75, 3.05) is 0 Å². The van der Waals surface area contributed by atoms with E-state index in [9.17, 15) is 0 Å². The Morgan fingerprint density at radius 1 is 0.571 bits per heavy atom. The number of imidazole rings is 2. The number of nitrogens with zero attached hydrogens (tertiary/aromatic N) is 4. The van der Waals surface area contributed by atoms with E-state index in [2.05, 4.69) is 69.6 Å². The van der Waals surface area contributed by atoms with Gasteiger partial charge in [0.05, 0.1) is 26.2 Å². The molecule has 0 saturated heterocycles. The summed E-state index contributed by atoms with van der Waals surface area (Å²) in [6, 6.07) is 0. The molecular weight excluding hydrogens is 480 g/mol. The standard InChI is InChI=1S/C22H40N4.2BrH/c1-3-5-7-9-13-23-17-19-25(21-23)15-11-12-16-26-20-18-24(22-26)14-10-8-6-4-2;;/h17-22H,3-16H2,1-2H3;2*1H/q+2;;/p-2. The highest BCUT2D eigenvalue weighted by molar-refractivity contribution is 4.68. The van der Waals surface area contributed by atoms with Crippen LogP contribution in [0.3, 0.4) is 0 Å². The Bertz CT molecular complexity index is 543. The van der Waals surface area contributed by atoms with Gasteiger partial charge >= 0.3 is 0 Å². The molecule has 6 heteroatoms. The van der Waals surface area contributed by atoms with E-state index >= 15 is 0 Å². The van der Waals surface area contributed by atoms with Gasteiger partial charge in [0.2, 0.25) is 12.7 Å². The summed E-state index contributed by atoms with van der Waals surface area (Å²) < 4.78 is 9.35. The van der Waals surface area contributed by atoms with Gasteiger partial charge in [-0.15, -0.1) is 0 Å². The molecule has 0 aliphatic carbocycles. The van der Waals surface area contributed by atoms with Gasteiger partial charge in [-0.1, -0.05) is 39.5 Å². The Hall–Kier alpha value is -0.620. The number of hydrogen-bond donors (Lipinski definition) is 0. The van der Waals surface area contributed by atoms with Crippen molar-refractivity contribution >= 4 is 0 Å². The van der Waals surface area contributed by atoms with Crippen molar-refractivity contribution in [3.05, 3.63) is 37.4 Å². The lowest BCUT2D eigenvalue weighted by molar-refractivity contribution is -0.697. The molecule has 0 aliphatic rings. The summed E-state index contributed by atoms with van der Waals surface area (Å²) in [6.45, 7) is 9.11. The zero-order chi connectivity index (χ0) is 18.5. The van der Waals surface area contributed by atoms with E-state index in [0.29, 0.717) is 0 Å². The van der Waals surface area contributed by atoms with Crippen LogP contribution in [0.2, 0.25) is 0 Å². The zero-order valence-corrected chi connectivity index (χ0v) is 21.1. The number of aromatic nitrogens is 4. The Balaban J connectivity index is 0.00000364. The van der Waals surface area contributed by atoms with Crippen molar-refractivity contribution in [2.24, 2.45) is 0 Å². The van der Waals surface area contributed by atoms with E-state index in [1.165, 1.54) is 64.2 Å². The van der Waals surface area contributed by atoms with Crippen LogP contribution in [0.4, 0.5) is 0 Å². The van der Waals surface area contributed by atoms with Crippen LogP contribution in [0.5, 0.6) is 0 Å². The van der Waals surface area contributed by atoms with Crippen LogP contribution >= 0.6 is 0 Å². The lowest BCUT2D eigenvalue weighted by Gasteiger charge is -1.98. The van der Waals surface area contributed by atoms with Gasteiger partial charge in [0.1, 0.15) is 24.8 Å². The first kappa shape index (κ1) is 27.4. The van der Waals surface area contributed by atoms with E-state index in [4.69, 9.17) is 0 Å². The highest BCUT2D eigenvalue weighted by Crippen LogP contribution is 2.01. The van der Waals surface area contributed by atoms with Crippen LogP contribution in [0.15, 0.2) is 37.4 Å². The van der Waals surface area contributed by atoms with Gasteiger partial charge < -0.3 is 34.0 Å². The third kappa shape index (κ3) is 11.4. The smallest absolute Gasteiger partial charge is 0.243 e. The fourth-order valence-corrected chi connectivity index (χ4v) is 3.44. The van der Waals surface area contributed by atoms with Crippen molar-refractivity contribution in [3.8, 4) is 0 Å². The van der Waals surface area contributed by atoms with Gasteiger partial charge in [0.15, 0.2) is 0 Å². The molecule has 2 aromatic heterocycles. The minimum absolute atomic E-state index is 0. The van der Waals surface area contributed by atoms with Crippen molar-refractivity contribution in [3.63, 3.8) is 0 Å². The second-order valence-corrected chi connectivity index (χ2v) is 7.61. The van der Waals surface area contributed by atoms with Gasteiger partial charge in [-0.2, -0.15) is 0 Å². The quantitative estimate of drug-likeness (QED) is 0.202. The monoisotopic (exact) mass is 518 g/mol. The predicted octanol–water partition coefficient (Wildman–Crippen LogP) is -1.49. The number of unbranched alkanes of at least 4 members (excludes halogenated alkanes) is 7. The highest BCUT2D eigenvalue weighted by Gasteiger charge is 2.06. The van der Waals surface area contributed by atoms with E-state index in [1.807, 2.05) is 0 Å². The van der Waals surface area contributed by atoms with Crippen molar-refractivity contribution in [1.29, 1.82) is 0 Å². The van der Waals surface area contributed by atoms with Gasteiger partial charge in [0, 0.05) is 0 Å². The molecule has 0 spiro atoms. The number of rotatable bonds is 15. The second-order valence-electron chi connectivity index (χ2n) is 7.61. The summed E-state index contributed by atoms with van der Waals surface area (Å²) in [5.41, 5.74) is 0. The normalized spacial score (nSPS) is 10.5. The fourth-order valence-electron chi connectivity index (χ4n) is 3.44. The van der Waals surface area contributed by atoms with Gasteiger partial charge in [0.25, 0.3) is 0 Å². The Morgan fingerprint density at radius 3 is 1.39 bits per heavy atom. The number of aryl methyl sites for hydroxylation is 4. The molecule has 28 heavy (non-hydrogen) atoms. The van der Waals surface area contributed by atoms with Crippen LogP contribution in [0.25, 0.3) is 0 Å². The molecule has 0 radical (unpaired) electrons. The molecule has 0 amide bonds. The summed E-state index contributed by atoms with van der Waals surface area (Å²) in [5, 5.41) is 0. The second kappa shape index (κ2) is 17.3. The minimum atomic E-state index is 0. The molecule has 0 N–H and O–H groups in total. The van der Waals surface area contributed by atoms with E-state index in [-0.39, 0.29) is 34.0 Å². The maximum atomic E-state index is 2.34. The SMILES string of the molecule is CCCCCC[n+]1ccn(CCCCn2cc[n+](CCCCCC)c2)c1.[Br-].[Br-]. The summed E-state index contributed by atoms with van der Waals surface area (Å²) in [6.07, 6.45) is 26.5. The first-order chi connectivity index (χ1) is 12.8. The largest absolute Gasteiger partial charge is 1.00 e. The molecule has 2 aromatic rings. The number of halogens is 2. The lowest BCUT2D eigenvalue weighted by Crippen LogP contribution is -3.00. The van der Waals surface area contributed by atoms with Gasteiger partial charge in [-0.05, 0) is 38.5 Å². The third-order valence-corrected chi connectivity index (χ3v) is 5.11. The molecule has 162 valence electrons. The lowest BCUT2D eigenvalue weighted by atomic mass is 10.2. The number of hydrogen-bond acceptors (Lipinski definition) is 0. The highest BCUT2D eigenvalue weighted by atomic mass is 79.9. The van der Waals surface area contributed by atoms with Crippen LogP contribution < -0.4 is 43.1 Å².